The van der Waals surface area contributed by atoms with E-state index in [1.54, 1.807) is 12.4 Å². The lowest BCUT2D eigenvalue weighted by atomic mass is 10.4. The van der Waals surface area contributed by atoms with Gasteiger partial charge in [-0.1, -0.05) is 0 Å². The van der Waals surface area contributed by atoms with Crippen LogP contribution in [0.1, 0.15) is 6.42 Å². The average Bonchev–Trinajstić information content (AvgIpc) is 2.03. The Hall–Kier alpha value is -1.56. The molecule has 1 aromatic heterocycles. The third-order valence-electron chi connectivity index (χ3n) is 1.30. The molecule has 0 amide bonds. The molecule has 56 valence electrons. The van der Waals surface area contributed by atoms with E-state index in [1.807, 2.05) is 0 Å². The minimum atomic E-state index is -0.109. The number of nitrogens with zero attached hydrogens (tertiary/aromatic N) is 2. The lowest BCUT2D eigenvalue weighted by Gasteiger charge is -1.98. The Bertz CT molecular complexity index is 321. The quantitative estimate of drug-likeness (QED) is 0.564. The average molecular weight is 148 g/mol. The van der Waals surface area contributed by atoms with E-state index >= 15 is 0 Å². The van der Waals surface area contributed by atoms with Crippen molar-refractivity contribution in [2.75, 3.05) is 0 Å². The lowest BCUT2D eigenvalue weighted by molar-refractivity contribution is 0.682. The van der Waals surface area contributed by atoms with Gasteiger partial charge in [0.05, 0.1) is 6.20 Å². The van der Waals surface area contributed by atoms with Gasteiger partial charge in [0, 0.05) is 25.4 Å². The standard InChI is InChI=1S/C8H8N2O/c1-2-3-5-10-6-4-9-7-8(10)11/h1,4,6-7H,3,5H2. The molecule has 0 radical (unpaired) electrons. The summed E-state index contributed by atoms with van der Waals surface area (Å²) >= 11 is 0. The summed E-state index contributed by atoms with van der Waals surface area (Å²) in [6.45, 7) is 0.567. The molecule has 0 unspecified atom stereocenters. The number of hydrogen-bond acceptors (Lipinski definition) is 2. The van der Waals surface area contributed by atoms with Crippen molar-refractivity contribution in [1.82, 2.24) is 9.55 Å². The molecule has 3 nitrogen and oxygen atoms in total. The first-order chi connectivity index (χ1) is 5.34. The second kappa shape index (κ2) is 3.57. The van der Waals surface area contributed by atoms with Crippen LogP contribution in [-0.4, -0.2) is 9.55 Å². The van der Waals surface area contributed by atoms with Gasteiger partial charge in [0.15, 0.2) is 0 Å². The zero-order valence-electron chi connectivity index (χ0n) is 6.03. The number of rotatable bonds is 2. The van der Waals surface area contributed by atoms with Gasteiger partial charge in [0.2, 0.25) is 0 Å². The van der Waals surface area contributed by atoms with Gasteiger partial charge in [-0.2, -0.15) is 0 Å². The zero-order valence-corrected chi connectivity index (χ0v) is 6.03. The molecule has 3 heteroatoms. The fourth-order valence-electron chi connectivity index (χ4n) is 0.743. The molecule has 0 aliphatic heterocycles. The molecule has 11 heavy (non-hydrogen) atoms. The minimum absolute atomic E-state index is 0.109. The molecule has 0 atom stereocenters. The summed E-state index contributed by atoms with van der Waals surface area (Å²) in [6.07, 6.45) is 10.1. The maximum absolute atomic E-state index is 11.0. The Morgan fingerprint density at radius 1 is 1.73 bits per heavy atom. The highest BCUT2D eigenvalue weighted by molar-refractivity contribution is 4.86. The number of aromatic nitrogens is 2. The Kier molecular flexibility index (Phi) is 2.45. The monoisotopic (exact) mass is 148 g/mol. The summed E-state index contributed by atoms with van der Waals surface area (Å²) in [7, 11) is 0. The van der Waals surface area contributed by atoms with E-state index in [4.69, 9.17) is 6.42 Å². The van der Waals surface area contributed by atoms with Crippen molar-refractivity contribution in [3.05, 3.63) is 28.9 Å². The maximum Gasteiger partial charge on any atom is 0.269 e. The molecule has 1 rings (SSSR count). The molecule has 0 aliphatic rings. The number of hydrogen-bond donors (Lipinski definition) is 0. The Morgan fingerprint density at radius 3 is 3.18 bits per heavy atom. The number of terminal acetylenes is 1. The van der Waals surface area contributed by atoms with Gasteiger partial charge >= 0.3 is 0 Å². The topological polar surface area (TPSA) is 34.9 Å². The zero-order chi connectivity index (χ0) is 8.10. The largest absolute Gasteiger partial charge is 0.312 e. The van der Waals surface area contributed by atoms with E-state index in [9.17, 15) is 4.79 Å². The van der Waals surface area contributed by atoms with Gasteiger partial charge in [0.25, 0.3) is 5.56 Å². The van der Waals surface area contributed by atoms with Crippen LogP contribution in [0.15, 0.2) is 23.4 Å². The molecule has 0 saturated heterocycles. The highest BCUT2D eigenvalue weighted by atomic mass is 16.1. The fraction of sp³-hybridized carbons (Fsp3) is 0.250. The van der Waals surface area contributed by atoms with E-state index in [0.29, 0.717) is 13.0 Å². The molecule has 1 aromatic rings. The summed E-state index contributed by atoms with van der Waals surface area (Å²) in [5.74, 6) is 2.46. The predicted octanol–water partition coefficient (Wildman–Crippen LogP) is 0.267. The Morgan fingerprint density at radius 2 is 2.55 bits per heavy atom. The van der Waals surface area contributed by atoms with Crippen LogP contribution in [0, 0.1) is 12.3 Å². The van der Waals surface area contributed by atoms with Gasteiger partial charge in [-0.05, 0) is 0 Å². The Balaban J connectivity index is 2.80. The second-order valence-corrected chi connectivity index (χ2v) is 2.06. The molecule has 1 heterocycles. The summed E-state index contributed by atoms with van der Waals surface area (Å²) in [6, 6.07) is 0. The van der Waals surface area contributed by atoms with Crippen LogP contribution < -0.4 is 5.56 Å². The highest BCUT2D eigenvalue weighted by Gasteiger charge is 1.90. The van der Waals surface area contributed by atoms with E-state index in [-0.39, 0.29) is 5.56 Å². The summed E-state index contributed by atoms with van der Waals surface area (Å²) in [4.78, 5) is 14.6. The normalized spacial score (nSPS) is 9.00. The molecular weight excluding hydrogens is 140 g/mol. The first-order valence-corrected chi connectivity index (χ1v) is 3.28. The van der Waals surface area contributed by atoms with Crippen molar-refractivity contribution in [3.63, 3.8) is 0 Å². The maximum atomic E-state index is 11.0. The van der Waals surface area contributed by atoms with Gasteiger partial charge < -0.3 is 4.57 Å². The van der Waals surface area contributed by atoms with Crippen LogP contribution in [0.2, 0.25) is 0 Å². The van der Waals surface area contributed by atoms with Crippen molar-refractivity contribution in [2.24, 2.45) is 0 Å². The fourth-order valence-corrected chi connectivity index (χ4v) is 0.743. The van der Waals surface area contributed by atoms with Crippen molar-refractivity contribution in [1.29, 1.82) is 0 Å². The summed E-state index contributed by atoms with van der Waals surface area (Å²) in [5.41, 5.74) is -0.109. The third-order valence-corrected chi connectivity index (χ3v) is 1.30. The van der Waals surface area contributed by atoms with Gasteiger partial charge in [0.1, 0.15) is 0 Å². The van der Waals surface area contributed by atoms with E-state index < -0.39 is 0 Å². The smallest absolute Gasteiger partial charge is 0.269 e. The summed E-state index contributed by atoms with van der Waals surface area (Å²) < 4.78 is 1.53. The van der Waals surface area contributed by atoms with Crippen LogP contribution in [0.25, 0.3) is 0 Å². The first kappa shape index (κ1) is 7.55. The molecule has 0 aromatic carbocycles. The van der Waals surface area contributed by atoms with Crippen LogP contribution in [0.5, 0.6) is 0 Å². The molecular formula is C8H8N2O. The predicted molar refractivity (Wildman–Crippen MR) is 41.9 cm³/mol. The summed E-state index contributed by atoms with van der Waals surface area (Å²) in [5, 5.41) is 0. The van der Waals surface area contributed by atoms with Gasteiger partial charge in [-0.15, -0.1) is 12.3 Å². The molecule has 0 saturated carbocycles. The van der Waals surface area contributed by atoms with Crippen LogP contribution in [-0.2, 0) is 6.54 Å². The Labute approximate surface area is 64.7 Å². The van der Waals surface area contributed by atoms with Crippen LogP contribution >= 0.6 is 0 Å². The van der Waals surface area contributed by atoms with Crippen molar-refractivity contribution >= 4 is 0 Å². The molecule has 0 aliphatic carbocycles. The molecule has 0 fully saturated rings. The van der Waals surface area contributed by atoms with Crippen molar-refractivity contribution in [2.45, 2.75) is 13.0 Å². The van der Waals surface area contributed by atoms with E-state index in [2.05, 4.69) is 10.9 Å². The third kappa shape index (κ3) is 1.94. The van der Waals surface area contributed by atoms with Crippen LogP contribution in [0.3, 0.4) is 0 Å². The van der Waals surface area contributed by atoms with Crippen molar-refractivity contribution < 1.29 is 0 Å². The van der Waals surface area contributed by atoms with Crippen molar-refractivity contribution in [3.8, 4) is 12.3 Å². The lowest BCUT2D eigenvalue weighted by Crippen LogP contribution is -2.18. The number of aryl methyl sites for hydroxylation is 1. The SMILES string of the molecule is C#CCCn1ccncc1=O. The van der Waals surface area contributed by atoms with E-state index in [0.717, 1.165) is 0 Å². The highest BCUT2D eigenvalue weighted by Crippen LogP contribution is 1.82. The molecule has 0 spiro atoms. The van der Waals surface area contributed by atoms with Gasteiger partial charge in [-0.3, -0.25) is 9.78 Å². The molecule has 0 N–H and O–H groups in total. The second-order valence-electron chi connectivity index (χ2n) is 2.06. The van der Waals surface area contributed by atoms with Crippen LogP contribution in [0.4, 0.5) is 0 Å². The van der Waals surface area contributed by atoms with Gasteiger partial charge in [-0.25, -0.2) is 0 Å². The minimum Gasteiger partial charge on any atom is -0.312 e. The van der Waals surface area contributed by atoms with E-state index in [1.165, 1.54) is 10.8 Å². The molecule has 0 bridgehead atoms. The first-order valence-electron chi connectivity index (χ1n) is 3.28.